The summed E-state index contributed by atoms with van der Waals surface area (Å²) in [6.45, 7) is 4.89. The van der Waals surface area contributed by atoms with E-state index >= 15 is 0 Å². The quantitative estimate of drug-likeness (QED) is 0.265. The van der Waals surface area contributed by atoms with Crippen LogP contribution in [-0.2, 0) is 0 Å². The fourth-order valence-corrected chi connectivity index (χ4v) is 4.75. The van der Waals surface area contributed by atoms with Crippen LogP contribution in [0.4, 0.5) is 5.69 Å². The normalized spacial score (nSPS) is 14.2. The third-order valence-corrected chi connectivity index (χ3v) is 6.83. The zero-order valence-electron chi connectivity index (χ0n) is 22.3. The van der Waals surface area contributed by atoms with Crippen molar-refractivity contribution in [3.05, 3.63) is 90.5 Å². The molecule has 4 aromatic carbocycles. The Morgan fingerprint density at radius 1 is 0.950 bits per heavy atom. The zero-order valence-corrected chi connectivity index (χ0v) is 22.3. The van der Waals surface area contributed by atoms with Crippen molar-refractivity contribution in [3.63, 3.8) is 0 Å². The minimum Gasteiger partial charge on any atom is -0.869 e. The Balaban J connectivity index is 0.000000283. The van der Waals surface area contributed by atoms with Crippen molar-refractivity contribution in [1.29, 1.82) is 0 Å². The smallest absolute Gasteiger partial charge is 0.335 e. The number of quaternary nitrogens is 1. The van der Waals surface area contributed by atoms with Gasteiger partial charge in [-0.1, -0.05) is 60.3 Å². The number of hydrogen-bond acceptors (Lipinski definition) is 7. The van der Waals surface area contributed by atoms with Crippen molar-refractivity contribution in [1.82, 2.24) is 0 Å². The summed E-state index contributed by atoms with van der Waals surface area (Å²) in [5, 5.41) is 40.7. The maximum absolute atomic E-state index is 10.8. The van der Waals surface area contributed by atoms with Gasteiger partial charge < -0.3 is 39.7 Å². The van der Waals surface area contributed by atoms with Crippen molar-refractivity contribution >= 4 is 22.4 Å². The molecule has 0 amide bonds. The molecule has 0 aromatic heterocycles. The lowest BCUT2D eigenvalue weighted by atomic mass is 10.1. The second kappa shape index (κ2) is 13.5. The van der Waals surface area contributed by atoms with E-state index in [1.165, 1.54) is 11.0 Å². The van der Waals surface area contributed by atoms with Gasteiger partial charge in [0.2, 0.25) is 0 Å². The lowest BCUT2D eigenvalue weighted by Gasteiger charge is -2.35. The zero-order chi connectivity index (χ0) is 28.5. The number of ether oxygens (including phenoxy) is 2. The van der Waals surface area contributed by atoms with Gasteiger partial charge in [-0.05, 0) is 35.7 Å². The van der Waals surface area contributed by atoms with Gasteiger partial charge in [0.25, 0.3) is 0 Å². The molecule has 0 unspecified atom stereocenters. The Bertz CT molecular complexity index is 1410. The Kier molecular flexibility index (Phi) is 9.66. The lowest BCUT2D eigenvalue weighted by Crippen LogP contribution is -3.16. The number of nitrogens with zero attached hydrogens (tertiary/aromatic N) is 1. The first-order chi connectivity index (χ1) is 19.4. The third-order valence-electron chi connectivity index (χ3n) is 6.83. The average molecular weight is 547 g/mol. The number of phenols is 1. The standard InChI is InChI=1S/C24H28N2O3.C7H6O4/c1-28-24-11-5-4-10-22(24)26-15-13-25(14-16-26)17-20(27)18-29-23-12-6-8-19-7-2-3-9-21(19)23;8-5-3-1-2-4(6(5)9)7(10)11/h2-12,20,27H,13-18H2,1H3;1-3,8-9H,(H,10,11)/t20-;/m0./s1. The monoisotopic (exact) mass is 546 g/mol. The Labute approximate surface area is 233 Å². The van der Waals surface area contributed by atoms with Gasteiger partial charge in [-0.3, -0.25) is 0 Å². The molecule has 210 valence electrons. The molecule has 1 saturated heterocycles. The minimum absolute atomic E-state index is 0.313. The summed E-state index contributed by atoms with van der Waals surface area (Å²) in [5.74, 6) is -0.964. The highest BCUT2D eigenvalue weighted by Gasteiger charge is 2.24. The Morgan fingerprint density at radius 2 is 1.60 bits per heavy atom. The Hall–Kier alpha value is -4.47. The molecule has 0 bridgehead atoms. The first-order valence-electron chi connectivity index (χ1n) is 13.1. The fraction of sp³-hybridized carbons (Fsp3) is 0.258. The van der Waals surface area contributed by atoms with Crippen molar-refractivity contribution < 1.29 is 39.6 Å². The van der Waals surface area contributed by atoms with Crippen LogP contribution in [0.2, 0.25) is 0 Å². The molecular weight excluding hydrogens is 512 g/mol. The first kappa shape index (κ1) is 28.5. The fourth-order valence-electron chi connectivity index (χ4n) is 4.75. The number of carbonyl (C=O) groups is 1. The number of para-hydroxylation sites is 3. The number of methoxy groups -OCH3 is 1. The van der Waals surface area contributed by atoms with E-state index in [0.29, 0.717) is 13.2 Å². The van der Waals surface area contributed by atoms with Crippen LogP contribution in [0.25, 0.3) is 10.8 Å². The topological polar surface area (TPSA) is 127 Å². The van der Waals surface area contributed by atoms with Crippen LogP contribution in [0.3, 0.4) is 0 Å². The summed E-state index contributed by atoms with van der Waals surface area (Å²) in [4.78, 5) is 14.0. The van der Waals surface area contributed by atoms with Crippen LogP contribution >= 0.6 is 0 Å². The highest BCUT2D eigenvalue weighted by atomic mass is 16.5. The molecule has 0 saturated carbocycles. The van der Waals surface area contributed by atoms with Gasteiger partial charge >= 0.3 is 5.97 Å². The summed E-state index contributed by atoms with van der Waals surface area (Å²) >= 11 is 0. The van der Waals surface area contributed by atoms with Crippen molar-refractivity contribution in [2.75, 3.05) is 51.3 Å². The van der Waals surface area contributed by atoms with Gasteiger partial charge in [0, 0.05) is 5.39 Å². The van der Waals surface area contributed by atoms with Crippen LogP contribution in [0.15, 0.2) is 84.9 Å². The van der Waals surface area contributed by atoms with Crippen LogP contribution in [0.5, 0.6) is 23.0 Å². The van der Waals surface area contributed by atoms with Crippen LogP contribution in [0.1, 0.15) is 10.4 Å². The van der Waals surface area contributed by atoms with E-state index in [1.54, 1.807) is 7.11 Å². The maximum Gasteiger partial charge on any atom is 0.335 e. The number of aromatic carboxylic acids is 1. The second-order valence-electron chi connectivity index (χ2n) is 9.51. The van der Waals surface area contributed by atoms with E-state index < -0.39 is 29.1 Å². The van der Waals surface area contributed by atoms with E-state index in [-0.39, 0.29) is 0 Å². The predicted octanol–water partition coefficient (Wildman–Crippen LogP) is 2.16. The first-order valence-corrected chi connectivity index (χ1v) is 13.1. The number of fused-ring (bicyclic) bond motifs is 1. The number of benzene rings is 4. The van der Waals surface area contributed by atoms with Crippen molar-refractivity contribution in [2.45, 2.75) is 6.10 Å². The van der Waals surface area contributed by atoms with Crippen LogP contribution < -0.4 is 24.4 Å². The van der Waals surface area contributed by atoms with Gasteiger partial charge in [0.05, 0.1) is 44.5 Å². The van der Waals surface area contributed by atoms with Crippen molar-refractivity contribution in [3.8, 4) is 23.0 Å². The number of piperazine rings is 1. The lowest BCUT2D eigenvalue weighted by molar-refractivity contribution is -0.903. The third kappa shape index (κ3) is 7.13. The molecule has 1 aliphatic heterocycles. The number of nitrogens with one attached hydrogen (secondary N) is 1. The molecule has 40 heavy (non-hydrogen) atoms. The van der Waals surface area contributed by atoms with Crippen LogP contribution in [-0.4, -0.2) is 73.8 Å². The van der Waals surface area contributed by atoms with E-state index in [9.17, 15) is 15.0 Å². The number of aromatic hydroxyl groups is 1. The van der Waals surface area contributed by atoms with E-state index in [1.807, 2.05) is 42.5 Å². The highest BCUT2D eigenvalue weighted by Crippen LogP contribution is 2.28. The van der Waals surface area contributed by atoms with E-state index in [2.05, 4.69) is 29.2 Å². The number of carboxylic acids is 1. The van der Waals surface area contributed by atoms with E-state index in [0.717, 1.165) is 66.3 Å². The second-order valence-corrected chi connectivity index (χ2v) is 9.51. The number of anilines is 1. The molecule has 5 rings (SSSR count). The van der Waals surface area contributed by atoms with Gasteiger partial charge in [-0.15, -0.1) is 0 Å². The molecule has 1 fully saturated rings. The average Bonchev–Trinajstić information content (AvgIpc) is 2.98. The molecule has 0 spiro atoms. The molecule has 1 aliphatic rings. The van der Waals surface area contributed by atoms with E-state index in [4.69, 9.17) is 19.7 Å². The number of hydrogen-bond donors (Lipinski definition) is 4. The number of carboxylic acid groups (broad SMARTS) is 1. The van der Waals surface area contributed by atoms with Crippen LogP contribution in [0, 0.1) is 0 Å². The summed E-state index contributed by atoms with van der Waals surface area (Å²) in [7, 11) is 1.71. The SMILES string of the molecule is COc1ccccc1N1CC[NH+](C[C@H](O)COc2cccc3ccccc23)CC1.O=C(O)c1cccc(O)c1[O-]. The molecule has 0 radical (unpaired) electrons. The molecule has 9 heteroatoms. The minimum atomic E-state index is -1.33. The molecule has 9 nitrogen and oxygen atoms in total. The summed E-state index contributed by atoms with van der Waals surface area (Å²) < 4.78 is 11.4. The number of phenolic OH excluding ortho intramolecular Hbond substituents is 1. The summed E-state index contributed by atoms with van der Waals surface area (Å²) in [5.41, 5.74) is 0.735. The molecule has 4 N–H and O–H groups in total. The molecule has 1 heterocycles. The Morgan fingerprint density at radius 3 is 2.33 bits per heavy atom. The molecule has 1 atom stereocenters. The number of aliphatic hydroxyl groups is 1. The molecule has 4 aromatic rings. The predicted molar refractivity (Wildman–Crippen MR) is 151 cm³/mol. The number of rotatable bonds is 8. The highest BCUT2D eigenvalue weighted by molar-refractivity contribution is 5.91. The summed E-state index contributed by atoms with van der Waals surface area (Å²) in [6, 6.07) is 25.9. The number of aliphatic hydroxyl groups excluding tert-OH is 1. The van der Waals surface area contributed by atoms with Gasteiger partial charge in [0.15, 0.2) is 0 Å². The maximum atomic E-state index is 10.8. The largest absolute Gasteiger partial charge is 0.869 e. The molecule has 0 aliphatic carbocycles. The van der Waals surface area contributed by atoms with Gasteiger partial charge in [0.1, 0.15) is 36.5 Å². The summed E-state index contributed by atoms with van der Waals surface area (Å²) in [6.07, 6.45) is -0.484. The van der Waals surface area contributed by atoms with Gasteiger partial charge in [-0.25, -0.2) is 4.79 Å². The van der Waals surface area contributed by atoms with Gasteiger partial charge in [-0.2, -0.15) is 0 Å². The molecular formula is C31H34N2O7. The van der Waals surface area contributed by atoms with Crippen molar-refractivity contribution in [2.24, 2.45) is 0 Å².